The zero-order valence-electron chi connectivity index (χ0n) is 11.0. The molecule has 102 valence electrons. The van der Waals surface area contributed by atoms with Crippen LogP contribution in [0.1, 0.15) is 18.3 Å². The van der Waals surface area contributed by atoms with Crippen molar-refractivity contribution in [1.29, 1.82) is 5.26 Å². The van der Waals surface area contributed by atoms with Crippen LogP contribution in [0.5, 0.6) is 0 Å². The number of carbonyl (C=O) groups is 1. The predicted molar refractivity (Wildman–Crippen MR) is 76.2 cm³/mol. The van der Waals surface area contributed by atoms with E-state index < -0.39 is 0 Å². The molecule has 0 unspecified atom stereocenters. The summed E-state index contributed by atoms with van der Waals surface area (Å²) in [7, 11) is 0. The average molecular weight is 287 g/mol. The molecule has 0 radical (unpaired) electrons. The van der Waals surface area contributed by atoms with Gasteiger partial charge in [0.05, 0.1) is 16.5 Å². The Labute approximate surface area is 120 Å². The second-order valence-corrected chi connectivity index (χ2v) is 5.42. The van der Waals surface area contributed by atoms with Crippen LogP contribution in [0.25, 0.3) is 0 Å². The topological polar surface area (TPSA) is 94.5 Å². The molecule has 1 atom stereocenters. The standard InChI is InChI=1S/C13H13N5OS/c1-8(20-13-15-9(2)17-18-13)12(19)16-11-6-4-3-5-10(11)7-14/h3-6,8H,1-2H3,(H,16,19)(H,15,17,18)/t8-/m1/s1. The number of nitrogens with zero attached hydrogens (tertiary/aromatic N) is 3. The molecule has 1 heterocycles. The first-order valence-electron chi connectivity index (χ1n) is 5.96. The molecule has 2 N–H and O–H groups in total. The summed E-state index contributed by atoms with van der Waals surface area (Å²) in [6, 6.07) is 8.92. The van der Waals surface area contributed by atoms with Gasteiger partial charge in [0.15, 0.2) is 0 Å². The number of thioether (sulfide) groups is 1. The van der Waals surface area contributed by atoms with Gasteiger partial charge in [-0.2, -0.15) is 5.26 Å². The summed E-state index contributed by atoms with van der Waals surface area (Å²) in [4.78, 5) is 16.2. The molecule has 2 rings (SSSR count). The van der Waals surface area contributed by atoms with E-state index >= 15 is 0 Å². The van der Waals surface area contributed by atoms with Gasteiger partial charge in [-0.15, -0.1) is 5.10 Å². The minimum absolute atomic E-state index is 0.194. The van der Waals surface area contributed by atoms with E-state index in [4.69, 9.17) is 5.26 Å². The van der Waals surface area contributed by atoms with Crippen LogP contribution in [0.15, 0.2) is 29.4 Å². The Balaban J connectivity index is 2.02. The van der Waals surface area contributed by atoms with E-state index in [9.17, 15) is 4.79 Å². The number of H-pyrrole nitrogens is 1. The molecule has 1 aromatic carbocycles. The molecule has 1 aromatic heterocycles. The number of aromatic nitrogens is 3. The van der Waals surface area contributed by atoms with Gasteiger partial charge < -0.3 is 5.32 Å². The van der Waals surface area contributed by atoms with Gasteiger partial charge >= 0.3 is 0 Å². The number of amides is 1. The van der Waals surface area contributed by atoms with Gasteiger partial charge in [0.1, 0.15) is 11.9 Å². The van der Waals surface area contributed by atoms with Crippen LogP contribution in [0, 0.1) is 18.3 Å². The van der Waals surface area contributed by atoms with Gasteiger partial charge in [0, 0.05) is 0 Å². The molecule has 1 amide bonds. The monoisotopic (exact) mass is 287 g/mol. The van der Waals surface area contributed by atoms with Crippen molar-refractivity contribution in [3.8, 4) is 6.07 Å². The third kappa shape index (κ3) is 3.36. The van der Waals surface area contributed by atoms with Crippen molar-refractivity contribution < 1.29 is 4.79 Å². The number of rotatable bonds is 4. The molecule has 0 saturated heterocycles. The molecular formula is C13H13N5OS. The van der Waals surface area contributed by atoms with Crippen LogP contribution in [0.2, 0.25) is 0 Å². The molecule has 0 bridgehead atoms. The smallest absolute Gasteiger partial charge is 0.237 e. The number of nitriles is 1. The molecule has 0 spiro atoms. The summed E-state index contributed by atoms with van der Waals surface area (Å²) >= 11 is 1.26. The Morgan fingerprint density at radius 3 is 2.90 bits per heavy atom. The van der Waals surface area contributed by atoms with Gasteiger partial charge in [0.25, 0.3) is 0 Å². The van der Waals surface area contributed by atoms with Gasteiger partial charge in [-0.3, -0.25) is 9.89 Å². The largest absolute Gasteiger partial charge is 0.324 e. The first-order valence-corrected chi connectivity index (χ1v) is 6.84. The number of nitrogens with one attached hydrogen (secondary N) is 2. The van der Waals surface area contributed by atoms with E-state index in [-0.39, 0.29) is 11.2 Å². The summed E-state index contributed by atoms with van der Waals surface area (Å²) in [6.45, 7) is 3.56. The highest BCUT2D eigenvalue weighted by atomic mass is 32.2. The second kappa shape index (κ2) is 6.21. The maximum Gasteiger partial charge on any atom is 0.237 e. The molecule has 2 aromatic rings. The quantitative estimate of drug-likeness (QED) is 0.840. The van der Waals surface area contributed by atoms with Crippen molar-refractivity contribution in [2.75, 3.05) is 5.32 Å². The van der Waals surface area contributed by atoms with E-state index in [0.29, 0.717) is 22.2 Å². The normalized spacial score (nSPS) is 11.7. The van der Waals surface area contributed by atoms with Crippen molar-refractivity contribution in [3.63, 3.8) is 0 Å². The Kier molecular flexibility index (Phi) is 4.38. The molecule has 0 fully saturated rings. The van der Waals surface area contributed by atoms with Crippen LogP contribution in [-0.4, -0.2) is 26.3 Å². The first kappa shape index (κ1) is 14.1. The lowest BCUT2D eigenvalue weighted by Crippen LogP contribution is -2.23. The van der Waals surface area contributed by atoms with Crippen molar-refractivity contribution in [3.05, 3.63) is 35.7 Å². The number of hydrogen-bond acceptors (Lipinski definition) is 5. The highest BCUT2D eigenvalue weighted by Gasteiger charge is 2.17. The summed E-state index contributed by atoms with van der Waals surface area (Å²) in [5.74, 6) is 0.509. The van der Waals surface area contributed by atoms with Crippen molar-refractivity contribution >= 4 is 23.4 Å². The Morgan fingerprint density at radius 2 is 2.25 bits per heavy atom. The van der Waals surface area contributed by atoms with Gasteiger partial charge in [-0.1, -0.05) is 23.9 Å². The summed E-state index contributed by atoms with van der Waals surface area (Å²) in [5.41, 5.74) is 0.949. The third-order valence-electron chi connectivity index (χ3n) is 2.53. The molecule has 0 aliphatic rings. The fraction of sp³-hybridized carbons (Fsp3) is 0.231. The summed E-state index contributed by atoms with van der Waals surface area (Å²) < 4.78 is 0. The van der Waals surface area contributed by atoms with E-state index in [1.165, 1.54) is 11.8 Å². The molecule has 20 heavy (non-hydrogen) atoms. The van der Waals surface area contributed by atoms with Gasteiger partial charge in [-0.05, 0) is 26.0 Å². The minimum atomic E-state index is -0.364. The molecular weight excluding hydrogens is 274 g/mol. The number of aromatic amines is 1. The Morgan fingerprint density at radius 1 is 1.50 bits per heavy atom. The van der Waals surface area contributed by atoms with Crippen LogP contribution in [0.3, 0.4) is 0 Å². The summed E-state index contributed by atoms with van der Waals surface area (Å²) in [5, 5.41) is 18.6. The van der Waals surface area contributed by atoms with Crippen molar-refractivity contribution in [2.24, 2.45) is 0 Å². The van der Waals surface area contributed by atoms with Crippen molar-refractivity contribution in [1.82, 2.24) is 15.2 Å². The van der Waals surface area contributed by atoms with Crippen molar-refractivity contribution in [2.45, 2.75) is 24.3 Å². The maximum absolute atomic E-state index is 12.1. The Bertz CT molecular complexity index is 661. The van der Waals surface area contributed by atoms with Crippen LogP contribution >= 0.6 is 11.8 Å². The van der Waals surface area contributed by atoms with E-state index in [1.807, 2.05) is 6.07 Å². The number of hydrogen-bond donors (Lipinski definition) is 2. The number of aryl methyl sites for hydroxylation is 1. The van der Waals surface area contributed by atoms with E-state index in [0.717, 1.165) is 0 Å². The number of anilines is 1. The number of para-hydroxylation sites is 1. The second-order valence-electron chi connectivity index (χ2n) is 4.11. The van der Waals surface area contributed by atoms with Crippen LogP contribution < -0.4 is 5.32 Å². The SMILES string of the molecule is Cc1nc(S[C@H](C)C(=O)Nc2ccccc2C#N)n[nH]1. The highest BCUT2D eigenvalue weighted by Crippen LogP contribution is 2.21. The number of benzene rings is 1. The van der Waals surface area contributed by atoms with Crippen LogP contribution in [0.4, 0.5) is 5.69 Å². The van der Waals surface area contributed by atoms with Crippen LogP contribution in [-0.2, 0) is 4.79 Å². The fourth-order valence-corrected chi connectivity index (χ4v) is 2.28. The highest BCUT2D eigenvalue weighted by molar-refractivity contribution is 8.00. The lowest BCUT2D eigenvalue weighted by Gasteiger charge is -2.10. The maximum atomic E-state index is 12.1. The molecule has 7 heteroatoms. The van der Waals surface area contributed by atoms with E-state index in [2.05, 4.69) is 20.5 Å². The van der Waals surface area contributed by atoms with E-state index in [1.54, 1.807) is 38.1 Å². The number of carbonyl (C=O) groups excluding carboxylic acids is 1. The Hall–Kier alpha value is -2.33. The summed E-state index contributed by atoms with van der Waals surface area (Å²) in [6.07, 6.45) is 0. The first-order chi connectivity index (χ1) is 9.60. The predicted octanol–water partition coefficient (Wildman–Crippen LogP) is 2.10. The molecule has 6 nitrogen and oxygen atoms in total. The molecule has 0 aliphatic carbocycles. The zero-order chi connectivity index (χ0) is 14.5. The minimum Gasteiger partial charge on any atom is -0.324 e. The third-order valence-corrected chi connectivity index (χ3v) is 3.49. The fourth-order valence-electron chi connectivity index (χ4n) is 1.51. The average Bonchev–Trinajstić information content (AvgIpc) is 2.84. The molecule has 0 saturated carbocycles. The lowest BCUT2D eigenvalue weighted by molar-refractivity contribution is -0.115. The molecule has 0 aliphatic heterocycles. The van der Waals surface area contributed by atoms with Gasteiger partial charge in [-0.25, -0.2) is 4.98 Å². The lowest BCUT2D eigenvalue weighted by atomic mass is 10.2. The van der Waals surface area contributed by atoms with Gasteiger partial charge in [0.2, 0.25) is 11.1 Å². The zero-order valence-corrected chi connectivity index (χ0v) is 11.9.